The number of ether oxygens (including phenoxy) is 2. The molecule has 0 aromatic heterocycles. The first-order chi connectivity index (χ1) is 19.5. The smallest absolute Gasteiger partial charge is 0.165 e. The van der Waals surface area contributed by atoms with E-state index in [1.807, 2.05) is 24.3 Å². The zero-order valence-electron chi connectivity index (χ0n) is 23.6. The Bertz CT molecular complexity index is 1190. The zero-order valence-corrected chi connectivity index (χ0v) is 23.6. The van der Waals surface area contributed by atoms with Crippen molar-refractivity contribution in [2.24, 2.45) is 11.8 Å². The van der Waals surface area contributed by atoms with Crippen LogP contribution in [0.3, 0.4) is 0 Å². The molecule has 1 fully saturated rings. The van der Waals surface area contributed by atoms with Gasteiger partial charge in [0.15, 0.2) is 11.6 Å². The number of aliphatic hydroxyl groups excluding tert-OH is 1. The fourth-order valence-electron chi connectivity index (χ4n) is 6.60. The van der Waals surface area contributed by atoms with Crippen molar-refractivity contribution in [3.8, 4) is 11.5 Å². The number of aliphatic hydroxyl groups is 1. The Balaban J connectivity index is 1.28. The van der Waals surface area contributed by atoms with E-state index in [0.29, 0.717) is 37.1 Å². The molecule has 0 spiro atoms. The predicted molar refractivity (Wildman–Crippen MR) is 155 cm³/mol. The van der Waals surface area contributed by atoms with Gasteiger partial charge in [-0.1, -0.05) is 24.6 Å². The van der Waals surface area contributed by atoms with Crippen molar-refractivity contribution < 1.29 is 24.1 Å². The van der Waals surface area contributed by atoms with E-state index in [1.54, 1.807) is 25.3 Å². The molecule has 216 valence electrons. The van der Waals surface area contributed by atoms with Crippen LogP contribution in [0.1, 0.15) is 42.4 Å². The second kappa shape index (κ2) is 13.7. The number of phenols is 1. The monoisotopic (exact) mass is 550 g/mol. The van der Waals surface area contributed by atoms with Gasteiger partial charge in [-0.25, -0.2) is 4.39 Å². The van der Waals surface area contributed by atoms with Crippen LogP contribution >= 0.6 is 0 Å². The molecule has 2 unspecified atom stereocenters. The van der Waals surface area contributed by atoms with E-state index < -0.39 is 0 Å². The van der Waals surface area contributed by atoms with E-state index in [4.69, 9.17) is 9.47 Å². The molecule has 0 bridgehead atoms. The minimum Gasteiger partial charge on any atom is -0.508 e. The summed E-state index contributed by atoms with van der Waals surface area (Å²) in [5, 5.41) is 19.9. The van der Waals surface area contributed by atoms with E-state index >= 15 is 4.39 Å². The Kier molecular flexibility index (Phi) is 9.79. The molecular weight excluding hydrogens is 507 g/mol. The molecule has 1 aliphatic heterocycles. The molecule has 3 atom stereocenters. The van der Waals surface area contributed by atoms with Gasteiger partial charge in [0.2, 0.25) is 0 Å². The summed E-state index contributed by atoms with van der Waals surface area (Å²) in [6.07, 6.45) is 13.0. The highest BCUT2D eigenvalue weighted by Gasteiger charge is 2.35. The Morgan fingerprint density at radius 3 is 2.70 bits per heavy atom. The molecule has 2 aromatic rings. The first kappa shape index (κ1) is 28.7. The molecule has 7 heteroatoms. The maximum atomic E-state index is 15.1. The van der Waals surface area contributed by atoms with E-state index in [-0.39, 0.29) is 24.4 Å². The molecule has 5 rings (SSSR count). The van der Waals surface area contributed by atoms with Crippen LogP contribution in [0.15, 0.2) is 60.4 Å². The van der Waals surface area contributed by atoms with Gasteiger partial charge in [-0.3, -0.25) is 9.80 Å². The summed E-state index contributed by atoms with van der Waals surface area (Å²) in [5.74, 6) is 1.69. The number of hydrogen-bond acceptors (Lipinski definition) is 6. The minimum absolute atomic E-state index is 0.000652. The fraction of sp³-hybridized carbons (Fsp3) is 0.515. The molecule has 1 saturated heterocycles. The van der Waals surface area contributed by atoms with Gasteiger partial charge < -0.3 is 19.7 Å². The number of aromatic hydroxyl groups is 1. The average Bonchev–Trinajstić information content (AvgIpc) is 2.98. The van der Waals surface area contributed by atoms with Gasteiger partial charge in [0.05, 0.1) is 13.7 Å². The number of aryl methyl sites for hydroxylation is 1. The van der Waals surface area contributed by atoms with Crippen LogP contribution in [-0.2, 0) is 24.1 Å². The van der Waals surface area contributed by atoms with Crippen molar-refractivity contribution in [3.63, 3.8) is 0 Å². The fourth-order valence-corrected chi connectivity index (χ4v) is 6.60. The average molecular weight is 551 g/mol. The van der Waals surface area contributed by atoms with Crippen molar-refractivity contribution in [1.29, 1.82) is 0 Å². The van der Waals surface area contributed by atoms with Gasteiger partial charge in [0.25, 0.3) is 0 Å². The van der Waals surface area contributed by atoms with Crippen molar-refractivity contribution >= 4 is 0 Å². The molecule has 0 amide bonds. The SMILES string of the molecule is COC1=CC(N(CCO)Cc2ccc(OCCN3CCCCC3)c(F)c2)C([C@@H]2CCc3cc(O)ccc3C2)C=C1. The Morgan fingerprint density at radius 1 is 1.07 bits per heavy atom. The number of phenolic OH excluding ortho intramolecular Hbond substituents is 1. The number of nitrogens with zero attached hydrogens (tertiary/aromatic N) is 2. The van der Waals surface area contributed by atoms with Crippen LogP contribution in [0.4, 0.5) is 4.39 Å². The highest BCUT2D eigenvalue weighted by Crippen LogP contribution is 2.38. The van der Waals surface area contributed by atoms with Gasteiger partial charge in [-0.2, -0.15) is 0 Å². The standard InChI is InChI=1S/C33H43FN2O4/c1-39-29-10-11-30(27-7-6-26-21-28(38)9-8-25(26)20-27)32(22-29)36(15-17-37)23-24-5-12-33(31(34)19-24)40-18-16-35-13-3-2-4-14-35/h5,8-12,19,21-22,27,30,32,37-38H,2-4,6-7,13-18,20,23H2,1H3/t27-,30?,32?/m1/s1. The summed E-state index contributed by atoms with van der Waals surface area (Å²) in [4.78, 5) is 4.61. The summed E-state index contributed by atoms with van der Waals surface area (Å²) in [6, 6.07) is 10.9. The maximum absolute atomic E-state index is 15.1. The topological polar surface area (TPSA) is 65.4 Å². The van der Waals surface area contributed by atoms with Gasteiger partial charge >= 0.3 is 0 Å². The third-order valence-electron chi connectivity index (χ3n) is 8.75. The highest BCUT2D eigenvalue weighted by atomic mass is 19.1. The quantitative estimate of drug-likeness (QED) is 0.407. The highest BCUT2D eigenvalue weighted by molar-refractivity contribution is 5.37. The summed E-state index contributed by atoms with van der Waals surface area (Å²) >= 11 is 0. The second-order valence-electron chi connectivity index (χ2n) is 11.4. The van der Waals surface area contributed by atoms with Crippen molar-refractivity contribution in [2.45, 2.75) is 51.1 Å². The molecule has 2 N–H and O–H groups in total. The van der Waals surface area contributed by atoms with Crippen molar-refractivity contribution in [2.75, 3.05) is 46.5 Å². The zero-order chi connectivity index (χ0) is 27.9. The molecule has 0 saturated carbocycles. The molecular formula is C33H43FN2O4. The third-order valence-corrected chi connectivity index (χ3v) is 8.75. The number of allylic oxidation sites excluding steroid dienone is 1. The number of hydrogen-bond donors (Lipinski definition) is 2. The number of fused-ring (bicyclic) bond motifs is 1. The van der Waals surface area contributed by atoms with Crippen LogP contribution in [0.2, 0.25) is 0 Å². The minimum atomic E-state index is -0.347. The molecule has 6 nitrogen and oxygen atoms in total. The van der Waals surface area contributed by atoms with Gasteiger partial charge in [0, 0.05) is 25.7 Å². The summed E-state index contributed by atoms with van der Waals surface area (Å²) in [7, 11) is 1.67. The molecule has 40 heavy (non-hydrogen) atoms. The second-order valence-corrected chi connectivity index (χ2v) is 11.4. The van der Waals surface area contributed by atoms with Crippen LogP contribution in [-0.4, -0.2) is 72.6 Å². The largest absolute Gasteiger partial charge is 0.508 e. The molecule has 2 aliphatic carbocycles. The summed E-state index contributed by atoms with van der Waals surface area (Å²) in [6.45, 7) is 4.48. The van der Waals surface area contributed by atoms with Gasteiger partial charge in [-0.15, -0.1) is 0 Å². The maximum Gasteiger partial charge on any atom is 0.165 e. The summed E-state index contributed by atoms with van der Waals surface area (Å²) in [5.41, 5.74) is 3.36. The number of methoxy groups -OCH3 is 1. The van der Waals surface area contributed by atoms with Crippen LogP contribution in [0, 0.1) is 17.7 Å². The van der Waals surface area contributed by atoms with Crippen molar-refractivity contribution in [1.82, 2.24) is 9.80 Å². The lowest BCUT2D eigenvalue weighted by atomic mass is 9.72. The van der Waals surface area contributed by atoms with Gasteiger partial charge in [0.1, 0.15) is 18.1 Å². The lowest BCUT2D eigenvalue weighted by Crippen LogP contribution is -2.44. The van der Waals surface area contributed by atoms with E-state index in [1.165, 1.54) is 30.4 Å². The van der Waals surface area contributed by atoms with Crippen molar-refractivity contribution in [3.05, 3.63) is 82.9 Å². The number of benzene rings is 2. The third kappa shape index (κ3) is 7.06. The Labute approximate surface area is 237 Å². The van der Waals surface area contributed by atoms with E-state index in [2.05, 4.69) is 22.0 Å². The molecule has 2 aromatic carbocycles. The van der Waals surface area contributed by atoms with Crippen LogP contribution in [0.25, 0.3) is 0 Å². The number of piperidine rings is 1. The first-order valence-electron chi connectivity index (χ1n) is 14.8. The first-order valence-corrected chi connectivity index (χ1v) is 14.8. The molecule has 1 heterocycles. The van der Waals surface area contributed by atoms with E-state index in [0.717, 1.165) is 50.2 Å². The van der Waals surface area contributed by atoms with Crippen LogP contribution < -0.4 is 4.74 Å². The predicted octanol–water partition coefficient (Wildman–Crippen LogP) is 5.08. The summed E-state index contributed by atoms with van der Waals surface area (Å²) < 4.78 is 26.5. The normalized spacial score (nSPS) is 23.1. The van der Waals surface area contributed by atoms with Crippen LogP contribution in [0.5, 0.6) is 11.5 Å². The number of likely N-dealkylation sites (tertiary alicyclic amines) is 1. The number of halogens is 1. The lowest BCUT2D eigenvalue weighted by molar-refractivity contribution is 0.115. The Hall–Kier alpha value is -2.87. The van der Waals surface area contributed by atoms with E-state index in [9.17, 15) is 10.2 Å². The lowest BCUT2D eigenvalue weighted by Gasteiger charge is -2.41. The molecule has 3 aliphatic rings. The Morgan fingerprint density at radius 2 is 1.93 bits per heavy atom. The van der Waals surface area contributed by atoms with Gasteiger partial charge in [-0.05, 0) is 110 Å². The molecule has 0 radical (unpaired) electrons. The number of rotatable bonds is 11.